The first kappa shape index (κ1) is 17.9. The Labute approximate surface area is 161 Å². The normalized spacial score (nSPS) is 13.5. The van der Waals surface area contributed by atoms with Crippen molar-refractivity contribution in [1.29, 1.82) is 0 Å². The number of nitrogens with zero attached hydrogens (tertiary/aromatic N) is 1. The molecule has 27 heavy (non-hydrogen) atoms. The van der Waals surface area contributed by atoms with E-state index in [2.05, 4.69) is 9.97 Å². The van der Waals surface area contributed by atoms with Gasteiger partial charge in [0.2, 0.25) is 0 Å². The zero-order valence-corrected chi connectivity index (χ0v) is 16.2. The monoisotopic (exact) mass is 382 g/mol. The van der Waals surface area contributed by atoms with E-state index in [0.29, 0.717) is 12.2 Å². The molecular formula is C21H22N2O3S. The Bertz CT molecular complexity index is 1050. The third kappa shape index (κ3) is 3.81. The van der Waals surface area contributed by atoms with Crippen LogP contribution in [0.25, 0.3) is 10.2 Å². The van der Waals surface area contributed by atoms with Gasteiger partial charge in [-0.2, -0.15) is 0 Å². The van der Waals surface area contributed by atoms with Gasteiger partial charge in [0.15, 0.2) is 0 Å². The Morgan fingerprint density at radius 2 is 2.07 bits per heavy atom. The zero-order chi connectivity index (χ0) is 18.8. The minimum atomic E-state index is -0.286. The van der Waals surface area contributed by atoms with Crippen LogP contribution in [0.2, 0.25) is 0 Å². The summed E-state index contributed by atoms with van der Waals surface area (Å²) in [5, 5.41) is 0.751. The number of hydrogen-bond acceptors (Lipinski definition) is 5. The van der Waals surface area contributed by atoms with E-state index >= 15 is 0 Å². The van der Waals surface area contributed by atoms with Crippen molar-refractivity contribution in [2.24, 2.45) is 0 Å². The Morgan fingerprint density at radius 1 is 1.26 bits per heavy atom. The highest BCUT2D eigenvalue weighted by Crippen LogP contribution is 2.33. The number of fused-ring (bicyclic) bond motifs is 3. The quantitative estimate of drug-likeness (QED) is 0.681. The smallest absolute Gasteiger partial charge is 0.306 e. The summed E-state index contributed by atoms with van der Waals surface area (Å²) in [4.78, 5) is 34.1. The molecule has 0 amide bonds. The van der Waals surface area contributed by atoms with Gasteiger partial charge in [0.25, 0.3) is 5.56 Å². The first-order valence-corrected chi connectivity index (χ1v) is 10.2. The molecule has 1 aliphatic carbocycles. The lowest BCUT2D eigenvalue weighted by Crippen LogP contribution is -2.14. The fourth-order valence-electron chi connectivity index (χ4n) is 3.55. The molecule has 0 atom stereocenters. The SMILES string of the molecule is Cc1ccccc1COC(=O)CCc1nc2sc3c(c2c(=O)[nH]1)CCCC3. The molecule has 0 fully saturated rings. The summed E-state index contributed by atoms with van der Waals surface area (Å²) in [5.41, 5.74) is 3.20. The highest BCUT2D eigenvalue weighted by atomic mass is 32.1. The third-order valence-electron chi connectivity index (χ3n) is 5.09. The van der Waals surface area contributed by atoms with Gasteiger partial charge in [0.05, 0.1) is 11.8 Å². The van der Waals surface area contributed by atoms with E-state index in [-0.39, 0.29) is 24.6 Å². The number of esters is 1. The standard InChI is InChI=1S/C21H22N2O3S/c1-13-6-2-3-7-14(13)12-26-18(24)11-10-17-22-20(25)19-15-8-4-5-9-16(15)27-21(19)23-17/h2-3,6-7H,4-5,8-12H2,1H3,(H,22,23,25). The molecule has 1 N–H and O–H groups in total. The van der Waals surface area contributed by atoms with E-state index in [0.717, 1.165) is 40.6 Å². The van der Waals surface area contributed by atoms with Gasteiger partial charge in [-0.3, -0.25) is 9.59 Å². The van der Waals surface area contributed by atoms with Crippen molar-refractivity contribution < 1.29 is 9.53 Å². The summed E-state index contributed by atoms with van der Waals surface area (Å²) < 4.78 is 5.36. The van der Waals surface area contributed by atoms with Gasteiger partial charge in [0.1, 0.15) is 17.3 Å². The molecule has 3 aromatic rings. The van der Waals surface area contributed by atoms with Crippen LogP contribution in [-0.4, -0.2) is 15.9 Å². The van der Waals surface area contributed by atoms with Gasteiger partial charge < -0.3 is 9.72 Å². The average Bonchev–Trinajstić information content (AvgIpc) is 3.04. The van der Waals surface area contributed by atoms with Crippen molar-refractivity contribution >= 4 is 27.5 Å². The lowest BCUT2D eigenvalue weighted by Gasteiger charge is -2.09. The number of aromatic amines is 1. The van der Waals surface area contributed by atoms with Crippen LogP contribution >= 0.6 is 11.3 Å². The van der Waals surface area contributed by atoms with E-state index in [1.54, 1.807) is 11.3 Å². The van der Waals surface area contributed by atoms with Crippen LogP contribution < -0.4 is 5.56 Å². The molecule has 0 unspecified atom stereocenters. The first-order chi connectivity index (χ1) is 13.1. The topological polar surface area (TPSA) is 72.0 Å². The Kier molecular flexibility index (Phi) is 5.07. The maximum atomic E-state index is 12.5. The number of aromatic nitrogens is 2. The predicted octanol–water partition coefficient (Wildman–Crippen LogP) is 3.85. The fourth-order valence-corrected chi connectivity index (χ4v) is 4.83. The molecule has 0 saturated heterocycles. The number of carbonyl (C=O) groups is 1. The summed E-state index contributed by atoms with van der Waals surface area (Å²) in [6, 6.07) is 7.84. The van der Waals surface area contributed by atoms with E-state index < -0.39 is 0 Å². The van der Waals surface area contributed by atoms with Gasteiger partial charge in [-0.15, -0.1) is 11.3 Å². The van der Waals surface area contributed by atoms with Crippen molar-refractivity contribution in [3.8, 4) is 0 Å². The van der Waals surface area contributed by atoms with Gasteiger partial charge in [-0.25, -0.2) is 4.98 Å². The van der Waals surface area contributed by atoms with Crippen molar-refractivity contribution in [1.82, 2.24) is 9.97 Å². The van der Waals surface area contributed by atoms with Crippen molar-refractivity contribution in [3.05, 3.63) is 62.0 Å². The van der Waals surface area contributed by atoms with Gasteiger partial charge in [-0.1, -0.05) is 24.3 Å². The van der Waals surface area contributed by atoms with E-state index in [1.165, 1.54) is 16.9 Å². The second-order valence-corrected chi connectivity index (χ2v) is 8.07. The number of H-pyrrole nitrogens is 1. The van der Waals surface area contributed by atoms with Crippen molar-refractivity contribution in [3.63, 3.8) is 0 Å². The third-order valence-corrected chi connectivity index (χ3v) is 6.28. The maximum Gasteiger partial charge on any atom is 0.306 e. The molecule has 6 heteroatoms. The number of ether oxygens (including phenoxy) is 1. The van der Waals surface area contributed by atoms with Crippen LogP contribution in [0.4, 0.5) is 0 Å². The second-order valence-electron chi connectivity index (χ2n) is 6.99. The molecule has 1 aromatic carbocycles. The molecule has 140 valence electrons. The lowest BCUT2D eigenvalue weighted by atomic mass is 9.97. The molecule has 0 aliphatic heterocycles. The Morgan fingerprint density at radius 3 is 2.93 bits per heavy atom. The minimum absolute atomic E-state index is 0.0809. The molecule has 0 bridgehead atoms. The molecule has 2 heterocycles. The largest absolute Gasteiger partial charge is 0.461 e. The molecule has 1 aliphatic rings. The summed E-state index contributed by atoms with van der Waals surface area (Å²) in [6.45, 7) is 2.26. The van der Waals surface area contributed by atoms with Crippen LogP contribution in [0, 0.1) is 6.92 Å². The number of hydrogen-bond donors (Lipinski definition) is 1. The molecule has 2 aromatic heterocycles. The number of aryl methyl sites for hydroxylation is 4. The van der Waals surface area contributed by atoms with Crippen molar-refractivity contribution in [2.75, 3.05) is 0 Å². The highest BCUT2D eigenvalue weighted by molar-refractivity contribution is 7.18. The van der Waals surface area contributed by atoms with E-state index in [9.17, 15) is 9.59 Å². The van der Waals surface area contributed by atoms with Gasteiger partial charge in [0, 0.05) is 11.3 Å². The summed E-state index contributed by atoms with van der Waals surface area (Å²) >= 11 is 1.62. The van der Waals surface area contributed by atoms with Crippen LogP contribution in [0.1, 0.15) is 46.7 Å². The number of thiophene rings is 1. The van der Waals surface area contributed by atoms with Crippen LogP contribution in [0.15, 0.2) is 29.1 Å². The molecule has 0 saturated carbocycles. The predicted molar refractivity (Wildman–Crippen MR) is 106 cm³/mol. The van der Waals surface area contributed by atoms with Crippen LogP contribution in [0.3, 0.4) is 0 Å². The number of benzene rings is 1. The molecule has 0 radical (unpaired) electrons. The fraction of sp³-hybridized carbons (Fsp3) is 0.381. The lowest BCUT2D eigenvalue weighted by molar-refractivity contribution is -0.144. The molecule has 5 nitrogen and oxygen atoms in total. The Balaban J connectivity index is 1.42. The van der Waals surface area contributed by atoms with Crippen LogP contribution in [-0.2, 0) is 35.4 Å². The van der Waals surface area contributed by atoms with Crippen molar-refractivity contribution in [2.45, 2.75) is 52.1 Å². The molecule has 4 rings (SSSR count). The number of carbonyl (C=O) groups excluding carboxylic acids is 1. The number of rotatable bonds is 5. The summed E-state index contributed by atoms with van der Waals surface area (Å²) in [5.74, 6) is 0.269. The van der Waals surface area contributed by atoms with E-state index in [1.807, 2.05) is 31.2 Å². The maximum absolute atomic E-state index is 12.5. The molecular weight excluding hydrogens is 360 g/mol. The highest BCUT2D eigenvalue weighted by Gasteiger charge is 2.20. The average molecular weight is 382 g/mol. The van der Waals surface area contributed by atoms with E-state index in [4.69, 9.17) is 4.74 Å². The Hall–Kier alpha value is -2.47. The second kappa shape index (κ2) is 7.64. The zero-order valence-electron chi connectivity index (χ0n) is 15.3. The first-order valence-electron chi connectivity index (χ1n) is 9.35. The van der Waals surface area contributed by atoms with Crippen LogP contribution in [0.5, 0.6) is 0 Å². The number of nitrogens with one attached hydrogen (secondary N) is 1. The van der Waals surface area contributed by atoms with Gasteiger partial charge >= 0.3 is 5.97 Å². The minimum Gasteiger partial charge on any atom is -0.461 e. The molecule has 0 spiro atoms. The van der Waals surface area contributed by atoms with Gasteiger partial charge in [-0.05, 0) is 49.3 Å². The summed E-state index contributed by atoms with van der Waals surface area (Å²) in [7, 11) is 0. The summed E-state index contributed by atoms with van der Waals surface area (Å²) in [6.07, 6.45) is 4.89.